The number of hydrogen-bond donors (Lipinski definition) is 2. The summed E-state index contributed by atoms with van der Waals surface area (Å²) in [5.41, 5.74) is 2.35. The Morgan fingerprint density at radius 3 is 2.58 bits per heavy atom. The molecule has 2 aromatic carbocycles. The maximum absolute atomic E-state index is 11.9. The first-order valence-electron chi connectivity index (χ1n) is 8.58. The normalized spacial score (nSPS) is 16.8. The minimum atomic E-state index is -0.00115. The molecule has 4 heteroatoms. The summed E-state index contributed by atoms with van der Waals surface area (Å²) in [6, 6.07) is 18.2. The maximum atomic E-state index is 11.9. The van der Waals surface area contributed by atoms with Crippen LogP contribution < -0.4 is 15.4 Å². The van der Waals surface area contributed by atoms with E-state index < -0.39 is 0 Å². The van der Waals surface area contributed by atoms with Crippen LogP contribution in [0.2, 0.25) is 0 Å². The van der Waals surface area contributed by atoms with Crippen molar-refractivity contribution in [2.24, 2.45) is 0 Å². The van der Waals surface area contributed by atoms with Crippen molar-refractivity contribution in [3.63, 3.8) is 0 Å². The fourth-order valence-electron chi connectivity index (χ4n) is 2.85. The quantitative estimate of drug-likeness (QED) is 0.823. The van der Waals surface area contributed by atoms with Gasteiger partial charge in [-0.3, -0.25) is 4.79 Å². The third-order valence-corrected chi connectivity index (χ3v) is 4.26. The zero-order valence-corrected chi connectivity index (χ0v) is 13.8. The lowest BCUT2D eigenvalue weighted by atomic mass is 10.1. The van der Waals surface area contributed by atoms with Gasteiger partial charge in [0.15, 0.2) is 0 Å². The van der Waals surface area contributed by atoms with E-state index >= 15 is 0 Å². The highest BCUT2D eigenvalue weighted by atomic mass is 16.5. The van der Waals surface area contributed by atoms with Crippen LogP contribution in [0.4, 0.5) is 0 Å². The summed E-state index contributed by atoms with van der Waals surface area (Å²) in [6.45, 7) is 2.19. The molecule has 0 aliphatic carbocycles. The van der Waals surface area contributed by atoms with Crippen LogP contribution in [0.15, 0.2) is 54.6 Å². The predicted octanol–water partition coefficient (Wildman–Crippen LogP) is 2.68. The topological polar surface area (TPSA) is 50.4 Å². The Hall–Kier alpha value is -2.33. The second-order valence-electron chi connectivity index (χ2n) is 6.11. The number of rotatable bonds is 7. The minimum Gasteiger partial charge on any atom is -0.489 e. The van der Waals surface area contributed by atoms with Crippen molar-refractivity contribution in [3.05, 3.63) is 65.7 Å². The molecule has 2 N–H and O–H groups in total. The van der Waals surface area contributed by atoms with E-state index in [-0.39, 0.29) is 11.9 Å². The molecule has 0 bridgehead atoms. The second-order valence-corrected chi connectivity index (χ2v) is 6.11. The Kier molecular flexibility index (Phi) is 5.85. The third-order valence-electron chi connectivity index (χ3n) is 4.26. The van der Waals surface area contributed by atoms with Crippen LogP contribution in [0.1, 0.15) is 24.0 Å². The molecule has 0 radical (unpaired) electrons. The van der Waals surface area contributed by atoms with Crippen LogP contribution in [0.25, 0.3) is 0 Å². The van der Waals surface area contributed by atoms with Crippen molar-refractivity contribution < 1.29 is 9.53 Å². The maximum Gasteiger partial charge on any atom is 0.237 e. The summed E-state index contributed by atoms with van der Waals surface area (Å²) >= 11 is 0. The lowest BCUT2D eigenvalue weighted by molar-refractivity contribution is -0.122. The van der Waals surface area contributed by atoms with Crippen LogP contribution in [0, 0.1) is 0 Å². The molecule has 1 saturated heterocycles. The summed E-state index contributed by atoms with van der Waals surface area (Å²) in [5.74, 6) is 0.983. The Balaban J connectivity index is 1.40. The van der Waals surface area contributed by atoms with Crippen LogP contribution in [0.3, 0.4) is 0 Å². The van der Waals surface area contributed by atoms with Gasteiger partial charge in [0.05, 0.1) is 6.04 Å². The molecule has 24 heavy (non-hydrogen) atoms. The van der Waals surface area contributed by atoms with Gasteiger partial charge >= 0.3 is 0 Å². The van der Waals surface area contributed by atoms with E-state index in [0.717, 1.165) is 37.1 Å². The molecule has 126 valence electrons. The van der Waals surface area contributed by atoms with Gasteiger partial charge in [0.25, 0.3) is 0 Å². The number of nitrogens with one attached hydrogen (secondary N) is 2. The second kappa shape index (κ2) is 8.50. The molecule has 1 aliphatic heterocycles. The molecule has 1 heterocycles. The van der Waals surface area contributed by atoms with Gasteiger partial charge in [-0.2, -0.15) is 0 Å². The van der Waals surface area contributed by atoms with E-state index in [4.69, 9.17) is 4.74 Å². The lowest BCUT2D eigenvalue weighted by Crippen LogP contribution is -2.41. The van der Waals surface area contributed by atoms with Crippen molar-refractivity contribution in [2.45, 2.75) is 31.9 Å². The fraction of sp³-hybridized carbons (Fsp3) is 0.350. The van der Waals surface area contributed by atoms with Gasteiger partial charge in [-0.05, 0) is 49.1 Å². The van der Waals surface area contributed by atoms with Gasteiger partial charge in [-0.1, -0.05) is 42.5 Å². The molecule has 1 amide bonds. The predicted molar refractivity (Wildman–Crippen MR) is 95.0 cm³/mol. The van der Waals surface area contributed by atoms with Gasteiger partial charge in [0.1, 0.15) is 12.4 Å². The highest BCUT2D eigenvalue weighted by Crippen LogP contribution is 2.14. The monoisotopic (exact) mass is 324 g/mol. The smallest absolute Gasteiger partial charge is 0.237 e. The number of hydrogen-bond acceptors (Lipinski definition) is 3. The molecule has 1 unspecified atom stereocenters. The highest BCUT2D eigenvalue weighted by molar-refractivity contribution is 5.81. The molecular weight excluding hydrogens is 300 g/mol. The van der Waals surface area contributed by atoms with Crippen LogP contribution in [0.5, 0.6) is 5.75 Å². The molecular formula is C20H24N2O2. The first-order chi connectivity index (χ1) is 11.8. The van der Waals surface area contributed by atoms with E-state index in [1.807, 2.05) is 30.3 Å². The zero-order chi connectivity index (χ0) is 16.6. The summed E-state index contributed by atoms with van der Waals surface area (Å²) < 4.78 is 5.78. The van der Waals surface area contributed by atoms with Gasteiger partial charge in [0.2, 0.25) is 5.91 Å². The molecule has 4 nitrogen and oxygen atoms in total. The zero-order valence-electron chi connectivity index (χ0n) is 13.8. The van der Waals surface area contributed by atoms with E-state index in [0.29, 0.717) is 13.2 Å². The summed E-state index contributed by atoms with van der Waals surface area (Å²) in [5, 5.41) is 6.21. The van der Waals surface area contributed by atoms with Crippen molar-refractivity contribution in [1.29, 1.82) is 0 Å². The van der Waals surface area contributed by atoms with Gasteiger partial charge in [-0.15, -0.1) is 0 Å². The molecule has 0 saturated carbocycles. The molecule has 3 rings (SSSR count). The number of ether oxygens (including phenoxy) is 1. The fourth-order valence-corrected chi connectivity index (χ4v) is 2.85. The van der Waals surface area contributed by atoms with Crippen molar-refractivity contribution >= 4 is 5.91 Å². The largest absolute Gasteiger partial charge is 0.489 e. The first-order valence-corrected chi connectivity index (χ1v) is 8.58. The average molecular weight is 324 g/mol. The van der Waals surface area contributed by atoms with Crippen molar-refractivity contribution in [3.8, 4) is 5.75 Å². The Labute approximate surface area is 143 Å². The van der Waals surface area contributed by atoms with E-state index in [9.17, 15) is 4.79 Å². The Morgan fingerprint density at radius 2 is 1.88 bits per heavy atom. The lowest BCUT2D eigenvalue weighted by Gasteiger charge is -2.11. The van der Waals surface area contributed by atoms with Crippen LogP contribution in [-0.2, 0) is 17.8 Å². The molecule has 2 aromatic rings. The Bertz CT molecular complexity index is 634. The molecule has 0 aromatic heterocycles. The van der Waals surface area contributed by atoms with Crippen LogP contribution in [-0.4, -0.2) is 25.0 Å². The van der Waals surface area contributed by atoms with E-state index in [2.05, 4.69) is 34.9 Å². The first kappa shape index (κ1) is 16.5. The molecule has 1 atom stereocenters. The number of amides is 1. The SMILES string of the molecule is O=C(NCCc1ccc(OCc2ccccc2)cc1)C1CCCN1. The average Bonchev–Trinajstić information content (AvgIpc) is 3.17. The van der Waals surface area contributed by atoms with Gasteiger partial charge in [-0.25, -0.2) is 0 Å². The van der Waals surface area contributed by atoms with E-state index in [1.54, 1.807) is 0 Å². The van der Waals surface area contributed by atoms with E-state index in [1.165, 1.54) is 5.56 Å². The van der Waals surface area contributed by atoms with Crippen molar-refractivity contribution in [2.75, 3.05) is 13.1 Å². The van der Waals surface area contributed by atoms with Gasteiger partial charge < -0.3 is 15.4 Å². The molecule has 0 spiro atoms. The number of carbonyl (C=O) groups is 1. The number of benzene rings is 2. The molecule has 1 fully saturated rings. The molecule has 1 aliphatic rings. The van der Waals surface area contributed by atoms with Crippen molar-refractivity contribution in [1.82, 2.24) is 10.6 Å². The Morgan fingerprint density at radius 1 is 1.08 bits per heavy atom. The minimum absolute atomic E-state index is 0.00115. The summed E-state index contributed by atoms with van der Waals surface area (Å²) in [7, 11) is 0. The van der Waals surface area contributed by atoms with Crippen LogP contribution >= 0.6 is 0 Å². The summed E-state index contributed by atoms with van der Waals surface area (Å²) in [6.07, 6.45) is 2.86. The van der Waals surface area contributed by atoms with Gasteiger partial charge in [0, 0.05) is 6.54 Å². The third kappa shape index (κ3) is 4.83. The standard InChI is InChI=1S/C20H24N2O2/c23-20(19-7-4-13-21-19)22-14-12-16-8-10-18(11-9-16)24-15-17-5-2-1-3-6-17/h1-3,5-6,8-11,19,21H,4,7,12-15H2,(H,22,23). The highest BCUT2D eigenvalue weighted by Gasteiger charge is 2.21. The number of carbonyl (C=O) groups excluding carboxylic acids is 1. The summed E-state index contributed by atoms with van der Waals surface area (Å²) in [4.78, 5) is 11.9.